The van der Waals surface area contributed by atoms with Gasteiger partial charge in [-0.25, -0.2) is 0 Å². The summed E-state index contributed by atoms with van der Waals surface area (Å²) in [5.74, 6) is 2.66. The number of Topliss-reactive ketones (excluding diaryl/α,β-unsaturated/α-hetero) is 1. The molecule has 0 aromatic heterocycles. The van der Waals surface area contributed by atoms with Gasteiger partial charge in [-0.1, -0.05) is 27.7 Å². The first-order chi connectivity index (χ1) is 5.99. The van der Waals surface area contributed by atoms with Gasteiger partial charge < -0.3 is 0 Å². The van der Waals surface area contributed by atoms with E-state index in [-0.39, 0.29) is 5.92 Å². The fourth-order valence-corrected chi connectivity index (χ4v) is 2.32. The van der Waals surface area contributed by atoms with Gasteiger partial charge in [-0.2, -0.15) is 11.8 Å². The van der Waals surface area contributed by atoms with Gasteiger partial charge in [0, 0.05) is 18.1 Å². The molecule has 0 spiro atoms. The predicted molar refractivity (Wildman–Crippen MR) is 61.2 cm³/mol. The molecule has 0 aliphatic rings. The summed E-state index contributed by atoms with van der Waals surface area (Å²) >= 11 is 1.77. The maximum atomic E-state index is 11.8. The van der Waals surface area contributed by atoms with Crippen molar-refractivity contribution in [2.45, 2.75) is 34.1 Å². The van der Waals surface area contributed by atoms with E-state index in [1.54, 1.807) is 11.8 Å². The molecule has 0 aromatic rings. The molecule has 0 saturated heterocycles. The lowest BCUT2D eigenvalue weighted by atomic mass is 9.89. The van der Waals surface area contributed by atoms with Crippen molar-refractivity contribution >= 4 is 17.5 Å². The van der Waals surface area contributed by atoms with Crippen molar-refractivity contribution in [1.29, 1.82) is 0 Å². The highest BCUT2D eigenvalue weighted by Gasteiger charge is 2.21. The Labute approximate surface area is 86.7 Å². The molecule has 0 rings (SSSR count). The summed E-state index contributed by atoms with van der Waals surface area (Å²) in [4.78, 5) is 11.8. The second kappa shape index (κ2) is 6.47. The molecule has 0 amide bonds. The van der Waals surface area contributed by atoms with Crippen molar-refractivity contribution in [1.82, 2.24) is 0 Å². The highest BCUT2D eigenvalue weighted by molar-refractivity contribution is 7.98. The second-order valence-corrected chi connectivity index (χ2v) is 5.28. The molecule has 0 fully saturated rings. The number of carbonyl (C=O) groups excluding carboxylic acids is 1. The number of carbonyl (C=O) groups is 1. The van der Waals surface area contributed by atoms with Gasteiger partial charge in [0.1, 0.15) is 5.78 Å². The SMILES string of the molecule is CSCC(C(=O)CC(C)C)C(C)C. The summed E-state index contributed by atoms with van der Waals surface area (Å²) in [6, 6.07) is 0. The van der Waals surface area contributed by atoms with Crippen molar-refractivity contribution in [2.75, 3.05) is 12.0 Å². The molecular weight excluding hydrogens is 180 g/mol. The quantitative estimate of drug-likeness (QED) is 0.658. The minimum atomic E-state index is 0.261. The lowest BCUT2D eigenvalue weighted by Crippen LogP contribution is -2.23. The number of rotatable bonds is 6. The molecule has 1 unspecified atom stereocenters. The third-order valence-corrected chi connectivity index (χ3v) is 2.87. The Morgan fingerprint density at radius 3 is 2.08 bits per heavy atom. The molecule has 1 atom stereocenters. The average Bonchev–Trinajstić information content (AvgIpc) is 1.97. The number of ketones is 1. The maximum absolute atomic E-state index is 11.8. The van der Waals surface area contributed by atoms with Crippen LogP contribution in [0.4, 0.5) is 0 Å². The fourth-order valence-electron chi connectivity index (χ4n) is 1.39. The van der Waals surface area contributed by atoms with Crippen molar-refractivity contribution < 1.29 is 4.79 Å². The van der Waals surface area contributed by atoms with Gasteiger partial charge >= 0.3 is 0 Å². The molecule has 0 N–H and O–H groups in total. The van der Waals surface area contributed by atoms with Gasteiger partial charge in [-0.15, -0.1) is 0 Å². The first kappa shape index (κ1) is 13.0. The summed E-state index contributed by atoms with van der Waals surface area (Å²) in [7, 11) is 0. The summed E-state index contributed by atoms with van der Waals surface area (Å²) in [5, 5.41) is 0. The van der Waals surface area contributed by atoms with Gasteiger partial charge in [0.05, 0.1) is 0 Å². The van der Waals surface area contributed by atoms with Gasteiger partial charge in [0.25, 0.3) is 0 Å². The van der Waals surface area contributed by atoms with Crippen LogP contribution in [0.3, 0.4) is 0 Å². The minimum absolute atomic E-state index is 0.261. The molecular formula is C11H22OS. The molecule has 1 nitrogen and oxygen atoms in total. The summed E-state index contributed by atoms with van der Waals surface area (Å²) in [6.07, 6.45) is 2.81. The van der Waals surface area contributed by atoms with Crippen LogP contribution in [-0.4, -0.2) is 17.8 Å². The molecule has 0 saturated carbocycles. The zero-order valence-corrected chi connectivity index (χ0v) is 10.3. The van der Waals surface area contributed by atoms with Crippen LogP contribution >= 0.6 is 11.8 Å². The summed E-state index contributed by atoms with van der Waals surface area (Å²) < 4.78 is 0. The Bertz CT molecular complexity index is 152. The van der Waals surface area contributed by atoms with Crippen LogP contribution in [0.1, 0.15) is 34.1 Å². The largest absolute Gasteiger partial charge is 0.299 e. The number of thioether (sulfide) groups is 1. The van der Waals surface area contributed by atoms with Crippen molar-refractivity contribution in [3.05, 3.63) is 0 Å². The van der Waals surface area contributed by atoms with E-state index in [2.05, 4.69) is 34.0 Å². The van der Waals surface area contributed by atoms with E-state index in [9.17, 15) is 4.79 Å². The van der Waals surface area contributed by atoms with Crippen LogP contribution in [0.15, 0.2) is 0 Å². The van der Waals surface area contributed by atoms with E-state index in [1.807, 2.05) is 0 Å². The average molecular weight is 202 g/mol. The number of hydrogen-bond acceptors (Lipinski definition) is 2. The van der Waals surface area contributed by atoms with E-state index >= 15 is 0 Å². The van der Waals surface area contributed by atoms with E-state index < -0.39 is 0 Å². The zero-order valence-electron chi connectivity index (χ0n) is 9.46. The highest BCUT2D eigenvalue weighted by Crippen LogP contribution is 2.20. The van der Waals surface area contributed by atoms with E-state index in [4.69, 9.17) is 0 Å². The molecule has 78 valence electrons. The van der Waals surface area contributed by atoms with Gasteiger partial charge in [0.2, 0.25) is 0 Å². The van der Waals surface area contributed by atoms with Gasteiger partial charge in [-0.3, -0.25) is 4.79 Å². The molecule has 0 aliphatic carbocycles. The second-order valence-electron chi connectivity index (χ2n) is 4.37. The van der Waals surface area contributed by atoms with Crippen LogP contribution in [0, 0.1) is 17.8 Å². The molecule has 0 aromatic carbocycles. The molecule has 2 heteroatoms. The molecule has 13 heavy (non-hydrogen) atoms. The predicted octanol–water partition coefficient (Wildman–Crippen LogP) is 3.24. The van der Waals surface area contributed by atoms with Crippen LogP contribution in [0.5, 0.6) is 0 Å². The lowest BCUT2D eigenvalue weighted by molar-refractivity contribution is -0.124. The monoisotopic (exact) mass is 202 g/mol. The Kier molecular flexibility index (Phi) is 6.48. The summed E-state index contributed by atoms with van der Waals surface area (Å²) in [6.45, 7) is 8.49. The Hall–Kier alpha value is 0.0200. The lowest BCUT2D eigenvalue weighted by Gasteiger charge is -2.19. The molecule has 0 bridgehead atoms. The van der Waals surface area contributed by atoms with Crippen LogP contribution in [0.2, 0.25) is 0 Å². The van der Waals surface area contributed by atoms with Crippen LogP contribution in [-0.2, 0) is 4.79 Å². The van der Waals surface area contributed by atoms with E-state index in [1.165, 1.54) is 0 Å². The molecule has 0 heterocycles. The first-order valence-electron chi connectivity index (χ1n) is 5.00. The third kappa shape index (κ3) is 5.35. The Morgan fingerprint density at radius 2 is 1.77 bits per heavy atom. The zero-order chi connectivity index (χ0) is 10.4. The maximum Gasteiger partial charge on any atom is 0.137 e. The third-order valence-electron chi connectivity index (χ3n) is 2.17. The normalized spacial score (nSPS) is 13.8. The van der Waals surface area contributed by atoms with Crippen molar-refractivity contribution in [2.24, 2.45) is 17.8 Å². The van der Waals surface area contributed by atoms with E-state index in [0.717, 1.165) is 12.2 Å². The van der Waals surface area contributed by atoms with E-state index in [0.29, 0.717) is 17.6 Å². The van der Waals surface area contributed by atoms with Crippen molar-refractivity contribution in [3.8, 4) is 0 Å². The number of hydrogen-bond donors (Lipinski definition) is 0. The van der Waals surface area contributed by atoms with Crippen LogP contribution in [0.25, 0.3) is 0 Å². The first-order valence-corrected chi connectivity index (χ1v) is 6.40. The molecule has 0 aliphatic heterocycles. The minimum Gasteiger partial charge on any atom is -0.299 e. The topological polar surface area (TPSA) is 17.1 Å². The molecule has 0 radical (unpaired) electrons. The van der Waals surface area contributed by atoms with Crippen LogP contribution < -0.4 is 0 Å². The Morgan fingerprint density at radius 1 is 1.23 bits per heavy atom. The standard InChI is InChI=1S/C11H22OS/c1-8(2)6-11(12)10(7-13-5)9(3)4/h8-10H,6-7H2,1-5H3. The highest BCUT2D eigenvalue weighted by atomic mass is 32.2. The summed E-state index contributed by atoms with van der Waals surface area (Å²) in [5.41, 5.74) is 0. The Balaban J connectivity index is 4.11. The van der Waals surface area contributed by atoms with Gasteiger partial charge in [-0.05, 0) is 18.1 Å². The van der Waals surface area contributed by atoms with Crippen molar-refractivity contribution in [3.63, 3.8) is 0 Å². The smallest absolute Gasteiger partial charge is 0.137 e. The van der Waals surface area contributed by atoms with Gasteiger partial charge in [0.15, 0.2) is 0 Å². The fraction of sp³-hybridized carbons (Fsp3) is 0.909.